The second-order valence-electron chi connectivity index (χ2n) is 6.52. The van der Waals surface area contributed by atoms with Crippen molar-refractivity contribution in [3.05, 3.63) is 47.0 Å². The lowest BCUT2D eigenvalue weighted by molar-refractivity contribution is -0.118. The number of fused-ring (bicyclic) bond motifs is 1. The van der Waals surface area contributed by atoms with E-state index in [0.29, 0.717) is 15.9 Å². The first-order chi connectivity index (χ1) is 13.6. The molecule has 6 nitrogen and oxygen atoms in total. The van der Waals surface area contributed by atoms with E-state index in [9.17, 15) is 4.79 Å². The monoisotopic (exact) mass is 417 g/mol. The van der Waals surface area contributed by atoms with Crippen LogP contribution in [0.2, 0.25) is 5.02 Å². The predicted octanol–water partition coefficient (Wildman–Crippen LogP) is 4.11. The van der Waals surface area contributed by atoms with E-state index < -0.39 is 0 Å². The van der Waals surface area contributed by atoms with Crippen LogP contribution in [-0.2, 0) is 9.53 Å². The predicted molar refractivity (Wildman–Crippen MR) is 113 cm³/mol. The van der Waals surface area contributed by atoms with Gasteiger partial charge < -0.3 is 14.4 Å². The Morgan fingerprint density at radius 1 is 1.29 bits per heavy atom. The fourth-order valence-corrected chi connectivity index (χ4v) is 4.20. The summed E-state index contributed by atoms with van der Waals surface area (Å²) in [4.78, 5) is 19.0. The number of morpholine rings is 1. The van der Waals surface area contributed by atoms with Crippen molar-refractivity contribution >= 4 is 49.9 Å². The first-order valence-corrected chi connectivity index (χ1v) is 10.2. The van der Waals surface area contributed by atoms with E-state index in [2.05, 4.69) is 27.3 Å². The number of nitrogens with zero attached hydrogens (tertiary/aromatic N) is 2. The molecule has 3 aromatic rings. The molecule has 0 radical (unpaired) electrons. The van der Waals surface area contributed by atoms with Crippen LogP contribution < -0.4 is 15.0 Å². The lowest BCUT2D eigenvalue weighted by Crippen LogP contribution is -2.36. The van der Waals surface area contributed by atoms with Gasteiger partial charge in [0.05, 0.1) is 23.4 Å². The Labute approximate surface area is 172 Å². The molecule has 146 valence electrons. The summed E-state index contributed by atoms with van der Waals surface area (Å²) in [5, 5.41) is 4.02. The molecule has 2 heterocycles. The van der Waals surface area contributed by atoms with Gasteiger partial charge in [-0.15, -0.1) is 0 Å². The maximum atomic E-state index is 12.2. The summed E-state index contributed by atoms with van der Waals surface area (Å²) in [6.45, 7) is 5.06. The highest BCUT2D eigenvalue weighted by molar-refractivity contribution is 7.22. The molecule has 2 aromatic carbocycles. The maximum Gasteiger partial charge on any atom is 0.264 e. The number of rotatable bonds is 5. The van der Waals surface area contributed by atoms with Crippen LogP contribution in [0.15, 0.2) is 36.4 Å². The Bertz CT molecular complexity index is 1000. The molecule has 0 atom stereocenters. The third-order valence-corrected chi connectivity index (χ3v) is 5.66. The summed E-state index contributed by atoms with van der Waals surface area (Å²) in [6.07, 6.45) is 0. The van der Waals surface area contributed by atoms with Crippen LogP contribution >= 0.6 is 22.9 Å². The van der Waals surface area contributed by atoms with Crippen LogP contribution in [0, 0.1) is 6.92 Å². The number of nitrogens with one attached hydrogen (secondary N) is 1. The quantitative estimate of drug-likeness (QED) is 0.676. The van der Waals surface area contributed by atoms with Crippen LogP contribution in [0.25, 0.3) is 10.2 Å². The van der Waals surface area contributed by atoms with Gasteiger partial charge >= 0.3 is 0 Å². The minimum Gasteiger partial charge on any atom is -0.483 e. The number of carbonyl (C=O) groups is 1. The van der Waals surface area contributed by atoms with Gasteiger partial charge in [0.25, 0.3) is 5.91 Å². The number of anilines is 2. The SMILES string of the molecule is Cc1cc(Cl)ccc1OCC(=O)Nc1nc2ccc(N3CCOCC3)cc2s1. The fourth-order valence-electron chi connectivity index (χ4n) is 3.06. The second-order valence-corrected chi connectivity index (χ2v) is 7.98. The van der Waals surface area contributed by atoms with Crippen LogP contribution in [0.5, 0.6) is 5.75 Å². The normalized spacial score (nSPS) is 14.3. The topological polar surface area (TPSA) is 63.7 Å². The molecule has 0 spiro atoms. The number of hydrogen-bond acceptors (Lipinski definition) is 6. The molecule has 1 saturated heterocycles. The average Bonchev–Trinajstić information content (AvgIpc) is 3.09. The van der Waals surface area contributed by atoms with Gasteiger partial charge in [-0.2, -0.15) is 0 Å². The number of carbonyl (C=O) groups excluding carboxylic acids is 1. The van der Waals surface area contributed by atoms with Crippen LogP contribution in [0.4, 0.5) is 10.8 Å². The molecule has 0 unspecified atom stereocenters. The molecule has 4 rings (SSSR count). The van der Waals surface area contributed by atoms with E-state index in [1.807, 2.05) is 13.0 Å². The van der Waals surface area contributed by atoms with E-state index in [1.165, 1.54) is 11.3 Å². The zero-order valence-corrected chi connectivity index (χ0v) is 17.0. The smallest absolute Gasteiger partial charge is 0.264 e. The Balaban J connectivity index is 1.40. The third-order valence-electron chi connectivity index (χ3n) is 4.49. The van der Waals surface area contributed by atoms with Crippen LogP contribution in [-0.4, -0.2) is 43.8 Å². The molecule has 28 heavy (non-hydrogen) atoms. The van der Waals surface area contributed by atoms with Gasteiger partial charge in [-0.05, 0) is 48.9 Å². The molecule has 1 aromatic heterocycles. The zero-order chi connectivity index (χ0) is 19.5. The van der Waals surface area contributed by atoms with Gasteiger partial charge in [0.1, 0.15) is 5.75 Å². The first-order valence-electron chi connectivity index (χ1n) is 9.00. The molecular formula is C20H20ClN3O3S. The van der Waals surface area contributed by atoms with Crippen LogP contribution in [0.3, 0.4) is 0 Å². The van der Waals surface area contributed by atoms with E-state index in [0.717, 1.165) is 47.8 Å². The summed E-state index contributed by atoms with van der Waals surface area (Å²) in [5.41, 5.74) is 2.90. The van der Waals surface area contributed by atoms with Crippen molar-refractivity contribution in [2.24, 2.45) is 0 Å². The summed E-state index contributed by atoms with van der Waals surface area (Å²) in [7, 11) is 0. The number of halogens is 1. The lowest BCUT2D eigenvalue weighted by Gasteiger charge is -2.28. The molecular weight excluding hydrogens is 398 g/mol. The second kappa shape index (κ2) is 8.34. The number of aromatic nitrogens is 1. The summed E-state index contributed by atoms with van der Waals surface area (Å²) in [6, 6.07) is 11.5. The molecule has 0 bridgehead atoms. The minimum atomic E-state index is -0.248. The van der Waals surface area contributed by atoms with Crippen molar-refractivity contribution < 1.29 is 14.3 Å². The highest BCUT2D eigenvalue weighted by Crippen LogP contribution is 2.30. The van der Waals surface area contributed by atoms with Crippen molar-refractivity contribution in [2.45, 2.75) is 6.92 Å². The molecule has 1 amide bonds. The molecule has 1 N–H and O–H groups in total. The molecule has 1 aliphatic rings. The molecule has 1 fully saturated rings. The third kappa shape index (κ3) is 4.38. The van der Waals surface area contributed by atoms with Gasteiger partial charge in [0, 0.05) is 23.8 Å². The molecule has 8 heteroatoms. The molecule has 1 aliphatic heterocycles. The molecule has 0 aliphatic carbocycles. The fraction of sp³-hybridized carbons (Fsp3) is 0.300. The number of aryl methyl sites for hydroxylation is 1. The zero-order valence-electron chi connectivity index (χ0n) is 15.4. The van der Waals surface area contributed by atoms with E-state index in [-0.39, 0.29) is 12.5 Å². The largest absolute Gasteiger partial charge is 0.483 e. The lowest BCUT2D eigenvalue weighted by atomic mass is 10.2. The van der Waals surface area contributed by atoms with Gasteiger partial charge in [-0.25, -0.2) is 4.98 Å². The van der Waals surface area contributed by atoms with Gasteiger partial charge in [0.2, 0.25) is 0 Å². The number of thiazole rings is 1. The van der Waals surface area contributed by atoms with Crippen molar-refractivity contribution in [1.82, 2.24) is 4.98 Å². The van der Waals surface area contributed by atoms with Crippen molar-refractivity contribution in [3.63, 3.8) is 0 Å². The molecule has 0 saturated carbocycles. The van der Waals surface area contributed by atoms with Crippen LogP contribution in [0.1, 0.15) is 5.56 Å². The van der Waals surface area contributed by atoms with E-state index in [1.54, 1.807) is 18.2 Å². The summed E-state index contributed by atoms with van der Waals surface area (Å²) in [5.74, 6) is 0.390. The minimum absolute atomic E-state index is 0.0859. The maximum absolute atomic E-state index is 12.2. The van der Waals surface area contributed by atoms with Gasteiger partial charge in [0.15, 0.2) is 11.7 Å². The highest BCUT2D eigenvalue weighted by Gasteiger charge is 2.14. The number of benzene rings is 2. The van der Waals surface area contributed by atoms with Gasteiger partial charge in [-0.1, -0.05) is 22.9 Å². The standard InChI is InChI=1S/C20H20ClN3O3S/c1-13-10-14(21)2-5-17(13)27-12-19(25)23-20-22-16-4-3-15(11-18(16)28-20)24-6-8-26-9-7-24/h2-5,10-11H,6-9,12H2,1H3,(H,22,23,25). The average molecular weight is 418 g/mol. The van der Waals surface area contributed by atoms with Crippen molar-refractivity contribution in [2.75, 3.05) is 43.1 Å². The van der Waals surface area contributed by atoms with E-state index >= 15 is 0 Å². The van der Waals surface area contributed by atoms with Crippen molar-refractivity contribution in [1.29, 1.82) is 0 Å². The van der Waals surface area contributed by atoms with Gasteiger partial charge in [-0.3, -0.25) is 10.1 Å². The highest BCUT2D eigenvalue weighted by atomic mass is 35.5. The Morgan fingerprint density at radius 3 is 2.89 bits per heavy atom. The number of amides is 1. The number of ether oxygens (including phenoxy) is 2. The Hall–Kier alpha value is -2.35. The summed E-state index contributed by atoms with van der Waals surface area (Å²) < 4.78 is 12.0. The Kier molecular flexibility index (Phi) is 5.66. The number of hydrogen-bond donors (Lipinski definition) is 1. The first kappa shape index (κ1) is 19.0. The van der Waals surface area contributed by atoms with Crippen molar-refractivity contribution in [3.8, 4) is 5.75 Å². The summed E-state index contributed by atoms with van der Waals surface area (Å²) >= 11 is 7.39. The Morgan fingerprint density at radius 2 is 2.11 bits per heavy atom. The van der Waals surface area contributed by atoms with E-state index in [4.69, 9.17) is 21.1 Å².